The van der Waals surface area contributed by atoms with Crippen LogP contribution in [0.4, 0.5) is 5.69 Å². The zero-order valence-electron chi connectivity index (χ0n) is 15.2. The molecule has 0 saturated carbocycles. The van der Waals surface area contributed by atoms with E-state index in [-0.39, 0.29) is 11.9 Å². The first-order valence-electron chi connectivity index (χ1n) is 9.13. The molecule has 0 bridgehead atoms. The predicted octanol–water partition coefficient (Wildman–Crippen LogP) is 1.33. The Hall–Kier alpha value is -1.59. The fourth-order valence-electron chi connectivity index (χ4n) is 3.71. The first-order chi connectivity index (χ1) is 11.6. The van der Waals surface area contributed by atoms with Crippen molar-refractivity contribution in [3.8, 4) is 0 Å². The van der Waals surface area contributed by atoms with Crippen molar-refractivity contribution in [2.24, 2.45) is 0 Å². The number of hydrogen-bond donors (Lipinski definition) is 1. The Bertz CT molecular complexity index is 566. The highest BCUT2D eigenvalue weighted by molar-refractivity contribution is 5.82. The van der Waals surface area contributed by atoms with E-state index in [1.165, 1.54) is 11.3 Å². The molecular formula is C19H30N4O. The van der Waals surface area contributed by atoms with Gasteiger partial charge < -0.3 is 15.1 Å². The SMILES string of the molecule is Cc1ccccc1N1CCN(C(=O)C2CN(C(C)C)CCN2)CC1. The number of amides is 1. The van der Waals surface area contributed by atoms with Crippen molar-refractivity contribution in [1.82, 2.24) is 15.1 Å². The van der Waals surface area contributed by atoms with E-state index < -0.39 is 0 Å². The van der Waals surface area contributed by atoms with Crippen molar-refractivity contribution in [2.45, 2.75) is 32.9 Å². The van der Waals surface area contributed by atoms with Gasteiger partial charge in [-0.1, -0.05) is 18.2 Å². The Labute approximate surface area is 145 Å². The van der Waals surface area contributed by atoms with Crippen LogP contribution in [-0.2, 0) is 4.79 Å². The number of anilines is 1. The topological polar surface area (TPSA) is 38.8 Å². The molecule has 0 aliphatic carbocycles. The molecule has 0 radical (unpaired) electrons. The highest BCUT2D eigenvalue weighted by atomic mass is 16.2. The lowest BCUT2D eigenvalue weighted by atomic mass is 10.1. The van der Waals surface area contributed by atoms with E-state index in [0.29, 0.717) is 6.04 Å². The van der Waals surface area contributed by atoms with Gasteiger partial charge in [0, 0.05) is 57.5 Å². The fraction of sp³-hybridized carbons (Fsp3) is 0.632. The van der Waals surface area contributed by atoms with Gasteiger partial charge in [0.25, 0.3) is 0 Å². The summed E-state index contributed by atoms with van der Waals surface area (Å²) in [5, 5.41) is 3.41. The molecule has 5 heteroatoms. The molecule has 24 heavy (non-hydrogen) atoms. The number of aryl methyl sites for hydroxylation is 1. The van der Waals surface area contributed by atoms with E-state index in [0.717, 1.165) is 45.8 Å². The summed E-state index contributed by atoms with van der Waals surface area (Å²) in [5.74, 6) is 0.268. The van der Waals surface area contributed by atoms with E-state index in [4.69, 9.17) is 0 Å². The number of para-hydroxylation sites is 1. The molecule has 1 amide bonds. The Morgan fingerprint density at radius 2 is 1.83 bits per heavy atom. The number of carbonyl (C=O) groups is 1. The van der Waals surface area contributed by atoms with Gasteiger partial charge in [0.2, 0.25) is 5.91 Å². The summed E-state index contributed by atoms with van der Waals surface area (Å²) in [6.07, 6.45) is 0. The van der Waals surface area contributed by atoms with Gasteiger partial charge in [0.05, 0.1) is 6.04 Å². The largest absolute Gasteiger partial charge is 0.368 e. The number of nitrogens with one attached hydrogen (secondary N) is 1. The first kappa shape index (κ1) is 17.2. The summed E-state index contributed by atoms with van der Waals surface area (Å²) < 4.78 is 0. The van der Waals surface area contributed by atoms with Crippen molar-refractivity contribution in [3.63, 3.8) is 0 Å². The minimum Gasteiger partial charge on any atom is -0.368 e. The Morgan fingerprint density at radius 3 is 2.50 bits per heavy atom. The normalized spacial score (nSPS) is 22.9. The minimum atomic E-state index is -0.0499. The Balaban J connectivity index is 1.56. The highest BCUT2D eigenvalue weighted by Crippen LogP contribution is 2.21. The maximum Gasteiger partial charge on any atom is 0.241 e. The monoisotopic (exact) mass is 330 g/mol. The zero-order valence-corrected chi connectivity index (χ0v) is 15.2. The molecule has 2 heterocycles. The highest BCUT2D eigenvalue weighted by Gasteiger charge is 2.31. The first-order valence-corrected chi connectivity index (χ1v) is 9.13. The third-order valence-electron chi connectivity index (χ3n) is 5.28. The van der Waals surface area contributed by atoms with Gasteiger partial charge in [-0.25, -0.2) is 0 Å². The van der Waals surface area contributed by atoms with Gasteiger partial charge in [0.15, 0.2) is 0 Å². The zero-order chi connectivity index (χ0) is 17.1. The van der Waals surface area contributed by atoms with Crippen molar-refractivity contribution in [3.05, 3.63) is 29.8 Å². The maximum atomic E-state index is 12.8. The average Bonchev–Trinajstić information content (AvgIpc) is 2.62. The van der Waals surface area contributed by atoms with Gasteiger partial charge in [-0.05, 0) is 32.4 Å². The predicted molar refractivity (Wildman–Crippen MR) is 98.5 cm³/mol. The smallest absolute Gasteiger partial charge is 0.241 e. The molecule has 132 valence electrons. The van der Waals surface area contributed by atoms with Crippen LogP contribution in [0.2, 0.25) is 0 Å². The van der Waals surface area contributed by atoms with Crippen LogP contribution in [0.5, 0.6) is 0 Å². The molecule has 1 N–H and O–H groups in total. The second kappa shape index (κ2) is 7.53. The second-order valence-corrected chi connectivity index (χ2v) is 7.19. The quantitative estimate of drug-likeness (QED) is 0.907. The van der Waals surface area contributed by atoms with Crippen LogP contribution >= 0.6 is 0 Å². The molecule has 0 spiro atoms. The third kappa shape index (κ3) is 3.73. The number of benzene rings is 1. The molecular weight excluding hydrogens is 300 g/mol. The summed E-state index contributed by atoms with van der Waals surface area (Å²) in [4.78, 5) is 19.7. The molecule has 2 fully saturated rings. The van der Waals surface area contributed by atoms with Gasteiger partial charge in [-0.2, -0.15) is 0 Å². The average molecular weight is 330 g/mol. The van der Waals surface area contributed by atoms with E-state index in [2.05, 4.69) is 60.2 Å². The van der Waals surface area contributed by atoms with Crippen molar-refractivity contribution in [2.75, 3.05) is 50.7 Å². The molecule has 2 aliphatic rings. The molecule has 1 unspecified atom stereocenters. The molecule has 2 aliphatic heterocycles. The number of nitrogens with zero attached hydrogens (tertiary/aromatic N) is 3. The lowest BCUT2D eigenvalue weighted by molar-refractivity contribution is -0.135. The molecule has 5 nitrogen and oxygen atoms in total. The van der Waals surface area contributed by atoms with Crippen LogP contribution in [0.25, 0.3) is 0 Å². The van der Waals surface area contributed by atoms with Gasteiger partial charge >= 0.3 is 0 Å². The fourth-order valence-corrected chi connectivity index (χ4v) is 3.71. The minimum absolute atomic E-state index is 0.0499. The Kier molecular flexibility index (Phi) is 5.41. The van der Waals surface area contributed by atoms with E-state index in [1.807, 2.05) is 4.90 Å². The standard InChI is InChI=1S/C19H30N4O/c1-15(2)23-9-8-20-17(14-23)19(24)22-12-10-21(11-13-22)18-7-5-4-6-16(18)3/h4-7,15,17,20H,8-14H2,1-3H3. The Morgan fingerprint density at radius 1 is 1.12 bits per heavy atom. The van der Waals surface area contributed by atoms with Gasteiger partial charge in [0.1, 0.15) is 0 Å². The second-order valence-electron chi connectivity index (χ2n) is 7.19. The van der Waals surface area contributed by atoms with Crippen LogP contribution in [-0.4, -0.2) is 73.6 Å². The van der Waals surface area contributed by atoms with Crippen molar-refractivity contribution < 1.29 is 4.79 Å². The van der Waals surface area contributed by atoms with E-state index in [9.17, 15) is 4.79 Å². The molecule has 1 aromatic carbocycles. The summed E-state index contributed by atoms with van der Waals surface area (Å²) >= 11 is 0. The summed E-state index contributed by atoms with van der Waals surface area (Å²) in [6, 6.07) is 8.95. The number of piperazine rings is 2. The summed E-state index contributed by atoms with van der Waals surface area (Å²) in [5.41, 5.74) is 2.60. The molecule has 1 aromatic rings. The molecule has 0 aromatic heterocycles. The van der Waals surface area contributed by atoms with Crippen LogP contribution in [0.3, 0.4) is 0 Å². The number of carbonyl (C=O) groups excluding carboxylic acids is 1. The van der Waals surface area contributed by atoms with Crippen molar-refractivity contribution >= 4 is 11.6 Å². The van der Waals surface area contributed by atoms with Crippen LogP contribution in [0.15, 0.2) is 24.3 Å². The van der Waals surface area contributed by atoms with E-state index in [1.54, 1.807) is 0 Å². The maximum absolute atomic E-state index is 12.8. The van der Waals surface area contributed by atoms with Crippen molar-refractivity contribution in [1.29, 1.82) is 0 Å². The van der Waals surface area contributed by atoms with E-state index >= 15 is 0 Å². The third-order valence-corrected chi connectivity index (χ3v) is 5.28. The number of hydrogen-bond acceptors (Lipinski definition) is 4. The van der Waals surface area contributed by atoms with Crippen LogP contribution in [0.1, 0.15) is 19.4 Å². The van der Waals surface area contributed by atoms with Crippen LogP contribution < -0.4 is 10.2 Å². The van der Waals surface area contributed by atoms with Gasteiger partial charge in [-0.3, -0.25) is 9.69 Å². The summed E-state index contributed by atoms with van der Waals surface area (Å²) in [7, 11) is 0. The van der Waals surface area contributed by atoms with Crippen LogP contribution in [0, 0.1) is 6.92 Å². The molecule has 1 atom stereocenters. The molecule has 3 rings (SSSR count). The number of rotatable bonds is 3. The lowest BCUT2D eigenvalue weighted by Crippen LogP contribution is -2.61. The summed E-state index contributed by atoms with van der Waals surface area (Å²) in [6.45, 7) is 12.8. The van der Waals surface area contributed by atoms with Gasteiger partial charge in [-0.15, -0.1) is 0 Å². The lowest BCUT2D eigenvalue weighted by Gasteiger charge is -2.41. The molecule has 2 saturated heterocycles.